The maximum Gasteiger partial charge on any atom is 0.332 e. The van der Waals surface area contributed by atoms with E-state index in [9.17, 15) is 15.0 Å². The first-order valence-electron chi connectivity index (χ1n) is 10.3. The average molecular weight is 468 g/mol. The Hall–Kier alpha value is -2.49. The highest BCUT2D eigenvalue weighted by Crippen LogP contribution is 2.29. The van der Waals surface area contributed by atoms with E-state index >= 15 is 0 Å². The molecule has 1 saturated carbocycles. The zero-order chi connectivity index (χ0) is 23.3. The lowest BCUT2D eigenvalue weighted by atomic mass is 10.2. The van der Waals surface area contributed by atoms with E-state index in [-0.39, 0.29) is 23.6 Å². The summed E-state index contributed by atoms with van der Waals surface area (Å²) in [7, 11) is 0. The van der Waals surface area contributed by atoms with E-state index in [1.54, 1.807) is 0 Å². The molecule has 2 aromatic rings. The van der Waals surface area contributed by atoms with Gasteiger partial charge in [-0.05, 0) is 31.4 Å². The number of carboxylic acids is 1. The SMILES string of the molecule is C#C[C@@H](O)[C@@H](O[C@@H](CO)COC(C)C(=O)O)n1cnc2c(NC3CCCC3)nc(Cl)nc21. The van der Waals surface area contributed by atoms with Crippen molar-refractivity contribution in [2.45, 2.75) is 63.2 Å². The topological polar surface area (TPSA) is 152 Å². The van der Waals surface area contributed by atoms with E-state index < -0.39 is 37.1 Å². The number of anilines is 1. The van der Waals surface area contributed by atoms with Crippen molar-refractivity contribution in [3.05, 3.63) is 11.6 Å². The molecule has 0 bridgehead atoms. The number of terminal acetylenes is 1. The molecule has 11 nitrogen and oxygen atoms in total. The summed E-state index contributed by atoms with van der Waals surface area (Å²) >= 11 is 6.14. The molecule has 0 saturated heterocycles. The van der Waals surface area contributed by atoms with Crippen LogP contribution >= 0.6 is 11.6 Å². The van der Waals surface area contributed by atoms with Crippen molar-refractivity contribution in [2.75, 3.05) is 18.5 Å². The van der Waals surface area contributed by atoms with Gasteiger partial charge >= 0.3 is 5.97 Å². The minimum Gasteiger partial charge on any atom is -0.479 e. The number of aliphatic hydroxyl groups is 2. The minimum absolute atomic E-state index is 0.0222. The van der Waals surface area contributed by atoms with Crippen LogP contribution in [0.5, 0.6) is 0 Å². The van der Waals surface area contributed by atoms with Crippen molar-refractivity contribution in [3.8, 4) is 12.3 Å². The van der Waals surface area contributed by atoms with Crippen LogP contribution in [0.15, 0.2) is 6.33 Å². The number of aromatic nitrogens is 4. The summed E-state index contributed by atoms with van der Waals surface area (Å²) in [6.45, 7) is 0.608. The summed E-state index contributed by atoms with van der Waals surface area (Å²) < 4.78 is 12.4. The smallest absolute Gasteiger partial charge is 0.332 e. The standard InChI is InChI=1S/C20H26ClN5O6/c1-3-14(28)18(32-13(8-27)9-31-11(2)19(29)30)26-10-22-15-16(23-12-6-4-5-7-12)24-20(21)25-17(15)26/h1,10-14,18,27-28H,4-9H2,2H3,(H,29,30)(H,23,24,25)/t11?,13-,14+,18+/m0/s1. The zero-order valence-corrected chi connectivity index (χ0v) is 18.3. The number of aliphatic hydroxyl groups excluding tert-OH is 2. The Balaban J connectivity index is 1.88. The average Bonchev–Trinajstić information content (AvgIpc) is 3.43. The molecule has 2 aromatic heterocycles. The molecule has 0 radical (unpaired) electrons. The van der Waals surface area contributed by atoms with Gasteiger partial charge in [0, 0.05) is 6.04 Å². The zero-order valence-electron chi connectivity index (χ0n) is 17.5. The van der Waals surface area contributed by atoms with Crippen molar-refractivity contribution in [3.63, 3.8) is 0 Å². The number of fused-ring (bicyclic) bond motifs is 1. The van der Waals surface area contributed by atoms with Gasteiger partial charge in [-0.25, -0.2) is 9.78 Å². The molecule has 4 N–H and O–H groups in total. The van der Waals surface area contributed by atoms with E-state index in [0.29, 0.717) is 11.3 Å². The Morgan fingerprint density at radius 3 is 2.78 bits per heavy atom. The molecule has 1 unspecified atom stereocenters. The first-order valence-corrected chi connectivity index (χ1v) is 10.6. The monoisotopic (exact) mass is 467 g/mol. The molecule has 1 fully saturated rings. The third-order valence-electron chi connectivity index (χ3n) is 5.22. The fraction of sp³-hybridized carbons (Fsp3) is 0.600. The van der Waals surface area contributed by atoms with E-state index in [2.05, 4.69) is 26.2 Å². The quantitative estimate of drug-likeness (QED) is 0.280. The second-order valence-electron chi connectivity index (χ2n) is 7.55. The summed E-state index contributed by atoms with van der Waals surface area (Å²) in [4.78, 5) is 23.8. The van der Waals surface area contributed by atoms with E-state index in [1.807, 2.05) is 0 Å². The first-order chi connectivity index (χ1) is 15.3. The van der Waals surface area contributed by atoms with Crippen LogP contribution in [0.1, 0.15) is 38.8 Å². The molecule has 3 rings (SSSR count). The van der Waals surface area contributed by atoms with Crippen LogP contribution in [0.3, 0.4) is 0 Å². The molecule has 12 heteroatoms. The number of hydrogen-bond acceptors (Lipinski definition) is 9. The third-order valence-corrected chi connectivity index (χ3v) is 5.39. The number of carbonyl (C=O) groups is 1. The highest BCUT2D eigenvalue weighted by Gasteiger charge is 2.29. The number of nitrogens with zero attached hydrogens (tertiary/aromatic N) is 4. The Morgan fingerprint density at radius 2 is 2.16 bits per heavy atom. The molecule has 4 atom stereocenters. The molecule has 174 valence electrons. The van der Waals surface area contributed by atoms with E-state index in [1.165, 1.54) is 17.8 Å². The van der Waals surface area contributed by atoms with E-state index in [0.717, 1.165) is 25.7 Å². The Kier molecular flexibility index (Phi) is 8.22. The van der Waals surface area contributed by atoms with Crippen molar-refractivity contribution < 1.29 is 29.6 Å². The number of nitrogens with one attached hydrogen (secondary N) is 1. The molecule has 0 amide bonds. The van der Waals surface area contributed by atoms with Gasteiger partial charge < -0.3 is 30.1 Å². The number of rotatable bonds is 11. The van der Waals surface area contributed by atoms with Gasteiger partial charge in [0.15, 0.2) is 35.4 Å². The molecule has 0 aromatic carbocycles. The van der Waals surface area contributed by atoms with Gasteiger partial charge in [0.2, 0.25) is 5.28 Å². The van der Waals surface area contributed by atoms with Gasteiger partial charge in [0.1, 0.15) is 6.10 Å². The number of ether oxygens (including phenoxy) is 2. The van der Waals surface area contributed by atoms with Gasteiger partial charge in [-0.2, -0.15) is 9.97 Å². The third kappa shape index (κ3) is 5.65. The maximum absolute atomic E-state index is 11.0. The highest BCUT2D eigenvalue weighted by molar-refractivity contribution is 6.28. The second kappa shape index (κ2) is 10.9. The van der Waals surface area contributed by atoms with Gasteiger partial charge in [-0.1, -0.05) is 18.8 Å². The Labute approximate surface area is 189 Å². The fourth-order valence-electron chi connectivity index (χ4n) is 3.47. The van der Waals surface area contributed by atoms with Gasteiger partial charge in [0.25, 0.3) is 0 Å². The predicted octanol–water partition coefficient (Wildman–Crippen LogP) is 1.19. The lowest BCUT2D eigenvalue weighted by molar-refractivity contribution is -0.161. The highest BCUT2D eigenvalue weighted by atomic mass is 35.5. The van der Waals surface area contributed by atoms with Crippen molar-refractivity contribution in [2.24, 2.45) is 0 Å². The lowest BCUT2D eigenvalue weighted by Gasteiger charge is -2.26. The number of carboxylic acid groups (broad SMARTS) is 1. The van der Waals surface area contributed by atoms with Crippen LogP contribution in [0.4, 0.5) is 5.82 Å². The minimum atomic E-state index is -1.43. The predicted molar refractivity (Wildman–Crippen MR) is 115 cm³/mol. The summed E-state index contributed by atoms with van der Waals surface area (Å²) in [5.74, 6) is 1.50. The van der Waals surface area contributed by atoms with Gasteiger partial charge in [-0.15, -0.1) is 6.42 Å². The number of aliphatic carboxylic acids is 1. The second-order valence-corrected chi connectivity index (χ2v) is 7.89. The van der Waals surface area contributed by atoms with Gasteiger partial charge in [-0.3, -0.25) is 4.57 Å². The number of halogens is 1. The van der Waals surface area contributed by atoms with Crippen LogP contribution < -0.4 is 5.32 Å². The fourth-order valence-corrected chi connectivity index (χ4v) is 3.63. The number of hydrogen-bond donors (Lipinski definition) is 4. The van der Waals surface area contributed by atoms with Crippen LogP contribution in [-0.4, -0.2) is 78.4 Å². The van der Waals surface area contributed by atoms with Gasteiger partial charge in [0.05, 0.1) is 19.5 Å². The molecule has 1 aliphatic rings. The molecule has 0 spiro atoms. The largest absolute Gasteiger partial charge is 0.479 e. The van der Waals surface area contributed by atoms with Crippen LogP contribution in [0.2, 0.25) is 5.28 Å². The van der Waals surface area contributed by atoms with Crippen molar-refractivity contribution >= 4 is 34.6 Å². The Morgan fingerprint density at radius 1 is 1.44 bits per heavy atom. The summed E-state index contributed by atoms with van der Waals surface area (Å²) in [6.07, 6.45) is 6.37. The first kappa shape index (κ1) is 24.2. The van der Waals surface area contributed by atoms with Crippen molar-refractivity contribution in [1.29, 1.82) is 0 Å². The number of imidazole rings is 1. The molecule has 1 aliphatic carbocycles. The normalized spacial score (nSPS) is 18.2. The van der Waals surface area contributed by atoms with Crippen LogP contribution in [0.25, 0.3) is 11.2 Å². The van der Waals surface area contributed by atoms with Crippen LogP contribution in [0, 0.1) is 12.3 Å². The van der Waals surface area contributed by atoms with E-state index in [4.69, 9.17) is 32.6 Å². The molecule has 32 heavy (non-hydrogen) atoms. The van der Waals surface area contributed by atoms with Crippen LogP contribution in [-0.2, 0) is 14.3 Å². The molecule has 2 heterocycles. The summed E-state index contributed by atoms with van der Waals surface area (Å²) in [5, 5.41) is 32.4. The maximum atomic E-state index is 11.0. The molecular formula is C20H26ClN5O6. The van der Waals surface area contributed by atoms with Crippen molar-refractivity contribution in [1.82, 2.24) is 19.5 Å². The Bertz CT molecular complexity index is 973. The summed E-state index contributed by atoms with van der Waals surface area (Å²) in [5.41, 5.74) is 0.705. The summed E-state index contributed by atoms with van der Waals surface area (Å²) in [6, 6.07) is 0.254. The molecule has 0 aliphatic heterocycles. The lowest BCUT2D eigenvalue weighted by Crippen LogP contribution is -2.35. The molecular weight excluding hydrogens is 442 g/mol.